The van der Waals surface area contributed by atoms with Crippen molar-refractivity contribution in [2.24, 2.45) is 0 Å². The number of ether oxygens (including phenoxy) is 3. The molecule has 1 atom stereocenters. The Kier molecular flexibility index (Phi) is 5.22. The summed E-state index contributed by atoms with van der Waals surface area (Å²) >= 11 is 0. The van der Waals surface area contributed by atoms with Crippen molar-refractivity contribution in [2.75, 3.05) is 20.8 Å². The van der Waals surface area contributed by atoms with Gasteiger partial charge in [0, 0.05) is 35.7 Å². The Morgan fingerprint density at radius 1 is 1.00 bits per heavy atom. The summed E-state index contributed by atoms with van der Waals surface area (Å²) < 4.78 is 17.6. The van der Waals surface area contributed by atoms with E-state index in [4.69, 9.17) is 14.2 Å². The Hall–Kier alpha value is -3.44. The number of hydrogen-bond acceptors (Lipinski definition) is 4. The fraction of sp³-hybridized carbons (Fsp3) is 0.310. The molecule has 1 N–H and O–H groups in total. The van der Waals surface area contributed by atoms with Gasteiger partial charge in [-0.1, -0.05) is 24.3 Å². The molecule has 6 rings (SSSR count). The second-order valence-electron chi connectivity index (χ2n) is 9.35. The third kappa shape index (κ3) is 3.51. The Morgan fingerprint density at radius 2 is 1.88 bits per heavy atom. The molecule has 5 nitrogen and oxygen atoms in total. The molecule has 3 aromatic carbocycles. The average Bonchev–Trinajstić information content (AvgIpc) is 3.23. The number of aryl methyl sites for hydroxylation is 1. The molecule has 5 heteroatoms. The third-order valence-corrected chi connectivity index (χ3v) is 7.50. The van der Waals surface area contributed by atoms with Crippen LogP contribution >= 0.6 is 0 Å². The number of aromatic amines is 1. The monoisotopic (exact) mass is 454 g/mol. The molecule has 1 unspecified atom stereocenters. The van der Waals surface area contributed by atoms with Crippen LogP contribution in [0.4, 0.5) is 0 Å². The van der Waals surface area contributed by atoms with Gasteiger partial charge in [0.05, 0.1) is 14.2 Å². The maximum atomic E-state index is 6.33. The number of rotatable bonds is 5. The van der Waals surface area contributed by atoms with E-state index in [9.17, 15) is 0 Å². The summed E-state index contributed by atoms with van der Waals surface area (Å²) in [5.41, 5.74) is 9.06. The van der Waals surface area contributed by atoms with Crippen molar-refractivity contribution in [1.82, 2.24) is 9.88 Å². The topological polar surface area (TPSA) is 46.7 Å². The molecule has 0 bridgehead atoms. The number of aromatic nitrogens is 1. The first kappa shape index (κ1) is 21.1. The van der Waals surface area contributed by atoms with Crippen LogP contribution in [0.2, 0.25) is 0 Å². The number of fused-ring (bicyclic) bond motifs is 6. The predicted molar refractivity (Wildman–Crippen MR) is 134 cm³/mol. The molecule has 0 aliphatic carbocycles. The van der Waals surface area contributed by atoms with Crippen LogP contribution < -0.4 is 14.2 Å². The van der Waals surface area contributed by atoms with Gasteiger partial charge in [0.2, 0.25) is 0 Å². The van der Waals surface area contributed by atoms with Gasteiger partial charge in [0.1, 0.15) is 12.4 Å². The second-order valence-corrected chi connectivity index (χ2v) is 9.35. The van der Waals surface area contributed by atoms with Gasteiger partial charge in [0.15, 0.2) is 11.5 Å². The maximum Gasteiger partial charge on any atom is 0.162 e. The summed E-state index contributed by atoms with van der Waals surface area (Å²) in [5.74, 6) is 2.53. The summed E-state index contributed by atoms with van der Waals surface area (Å²) in [4.78, 5) is 6.25. The minimum atomic E-state index is 0.327. The zero-order valence-corrected chi connectivity index (χ0v) is 20.0. The lowest BCUT2D eigenvalue weighted by atomic mass is 9.85. The molecule has 34 heavy (non-hydrogen) atoms. The Balaban J connectivity index is 1.36. The molecule has 0 saturated carbocycles. The SMILES string of the molecule is COc1ccc2[nH]c3c(c2c1)CC1c2cc(OCc4ccccc4C)c(OC)cc2CCN1C3. The molecule has 2 aliphatic rings. The van der Waals surface area contributed by atoms with E-state index in [1.54, 1.807) is 14.2 Å². The lowest BCUT2D eigenvalue weighted by molar-refractivity contribution is 0.158. The maximum absolute atomic E-state index is 6.33. The minimum absolute atomic E-state index is 0.327. The van der Waals surface area contributed by atoms with Crippen molar-refractivity contribution in [3.8, 4) is 17.2 Å². The zero-order valence-electron chi connectivity index (χ0n) is 20.0. The lowest BCUT2D eigenvalue weighted by Crippen LogP contribution is -2.39. The van der Waals surface area contributed by atoms with Crippen LogP contribution in [0, 0.1) is 6.92 Å². The van der Waals surface area contributed by atoms with E-state index in [0.717, 1.165) is 43.2 Å². The van der Waals surface area contributed by atoms with Crippen molar-refractivity contribution in [3.05, 3.63) is 88.1 Å². The molecule has 174 valence electrons. The summed E-state index contributed by atoms with van der Waals surface area (Å²) in [6, 6.07) is 19.4. The molecular formula is C29H30N2O3. The Labute approximate surface area is 200 Å². The normalized spacial score (nSPS) is 17.1. The largest absolute Gasteiger partial charge is 0.497 e. The highest BCUT2D eigenvalue weighted by molar-refractivity contribution is 5.86. The molecule has 0 radical (unpaired) electrons. The molecule has 0 spiro atoms. The Morgan fingerprint density at radius 3 is 2.71 bits per heavy atom. The number of nitrogens with zero attached hydrogens (tertiary/aromatic N) is 1. The number of nitrogens with one attached hydrogen (secondary N) is 1. The van der Waals surface area contributed by atoms with E-state index in [0.29, 0.717) is 12.6 Å². The van der Waals surface area contributed by atoms with Gasteiger partial charge in [-0.25, -0.2) is 0 Å². The van der Waals surface area contributed by atoms with Gasteiger partial charge < -0.3 is 19.2 Å². The highest BCUT2D eigenvalue weighted by atomic mass is 16.5. The summed E-state index contributed by atoms with van der Waals surface area (Å²) in [6.45, 7) is 4.63. The van der Waals surface area contributed by atoms with E-state index >= 15 is 0 Å². The first-order valence-electron chi connectivity index (χ1n) is 11.9. The van der Waals surface area contributed by atoms with E-state index in [2.05, 4.69) is 65.3 Å². The van der Waals surface area contributed by atoms with Gasteiger partial charge in [-0.2, -0.15) is 0 Å². The quantitative estimate of drug-likeness (QED) is 0.418. The molecule has 3 heterocycles. The fourth-order valence-corrected chi connectivity index (χ4v) is 5.56. The first-order chi connectivity index (χ1) is 16.6. The number of hydrogen-bond donors (Lipinski definition) is 1. The molecule has 0 saturated heterocycles. The standard InChI is InChI=1S/C29H30N2O3/c1-18-6-4-5-7-20(18)17-34-29-15-22-19(12-28(29)33-3)10-11-31-16-26-24(14-27(22)31)23-13-21(32-2)8-9-25(23)30-26/h4-9,12-13,15,27,30H,10-11,14,16-17H2,1-3H3. The van der Waals surface area contributed by atoms with Gasteiger partial charge >= 0.3 is 0 Å². The predicted octanol–water partition coefficient (Wildman–Crippen LogP) is 5.73. The molecule has 2 aliphatic heterocycles. The number of benzene rings is 3. The summed E-state index contributed by atoms with van der Waals surface area (Å²) in [7, 11) is 3.45. The summed E-state index contributed by atoms with van der Waals surface area (Å²) in [5, 5.41) is 1.27. The van der Waals surface area contributed by atoms with Crippen LogP contribution in [-0.2, 0) is 26.0 Å². The van der Waals surface area contributed by atoms with Crippen LogP contribution in [0.15, 0.2) is 54.6 Å². The van der Waals surface area contributed by atoms with E-state index < -0.39 is 0 Å². The van der Waals surface area contributed by atoms with Gasteiger partial charge in [0.25, 0.3) is 0 Å². The molecule has 0 fully saturated rings. The lowest BCUT2D eigenvalue weighted by Gasteiger charge is -2.40. The van der Waals surface area contributed by atoms with Crippen LogP contribution in [0.3, 0.4) is 0 Å². The third-order valence-electron chi connectivity index (χ3n) is 7.50. The zero-order chi connectivity index (χ0) is 23.2. The van der Waals surface area contributed by atoms with Crippen LogP contribution in [0.25, 0.3) is 10.9 Å². The van der Waals surface area contributed by atoms with E-state index in [-0.39, 0.29) is 0 Å². The molecule has 1 aromatic heterocycles. The van der Waals surface area contributed by atoms with E-state index in [1.807, 2.05) is 6.07 Å². The van der Waals surface area contributed by atoms with Crippen LogP contribution in [0.5, 0.6) is 17.2 Å². The van der Waals surface area contributed by atoms with Gasteiger partial charge in [-0.05, 0) is 77.9 Å². The Bertz CT molecular complexity index is 1370. The van der Waals surface area contributed by atoms with Crippen LogP contribution in [0.1, 0.15) is 39.6 Å². The fourth-order valence-electron chi connectivity index (χ4n) is 5.56. The van der Waals surface area contributed by atoms with Crippen molar-refractivity contribution >= 4 is 10.9 Å². The first-order valence-corrected chi connectivity index (χ1v) is 11.9. The van der Waals surface area contributed by atoms with Crippen molar-refractivity contribution in [2.45, 2.75) is 39.0 Å². The van der Waals surface area contributed by atoms with Crippen molar-refractivity contribution in [1.29, 1.82) is 0 Å². The average molecular weight is 455 g/mol. The van der Waals surface area contributed by atoms with Crippen molar-refractivity contribution < 1.29 is 14.2 Å². The van der Waals surface area contributed by atoms with E-state index in [1.165, 1.54) is 44.4 Å². The second kappa shape index (κ2) is 8.41. The van der Waals surface area contributed by atoms with Gasteiger partial charge in [-0.15, -0.1) is 0 Å². The highest BCUT2D eigenvalue weighted by Gasteiger charge is 2.34. The summed E-state index contributed by atoms with van der Waals surface area (Å²) in [6.07, 6.45) is 1.99. The molecule has 4 aromatic rings. The number of methoxy groups -OCH3 is 2. The van der Waals surface area contributed by atoms with Crippen molar-refractivity contribution in [3.63, 3.8) is 0 Å². The molecule has 0 amide bonds. The smallest absolute Gasteiger partial charge is 0.162 e. The molecular weight excluding hydrogens is 424 g/mol. The number of H-pyrrole nitrogens is 1. The highest BCUT2D eigenvalue weighted by Crippen LogP contribution is 2.44. The van der Waals surface area contributed by atoms with Crippen LogP contribution in [-0.4, -0.2) is 30.6 Å². The van der Waals surface area contributed by atoms with Gasteiger partial charge in [-0.3, -0.25) is 4.90 Å². The minimum Gasteiger partial charge on any atom is -0.497 e.